The lowest BCUT2D eigenvalue weighted by atomic mass is 9.95. The number of alkyl halides is 3. The Morgan fingerprint density at radius 3 is 2.57 bits per heavy atom. The van der Waals surface area contributed by atoms with Crippen LogP contribution in [0.2, 0.25) is 0 Å². The highest BCUT2D eigenvalue weighted by Gasteiger charge is 2.34. The zero-order valence-corrected chi connectivity index (χ0v) is 16.8. The lowest BCUT2D eigenvalue weighted by Crippen LogP contribution is -2.11. The second kappa shape index (κ2) is 7.72. The minimum absolute atomic E-state index is 0.0214. The number of Topliss-reactive ketones (excluding diaryl/α,β-unsaturated/α-hetero) is 1. The highest BCUT2D eigenvalue weighted by Crippen LogP contribution is 2.39. The first kappa shape index (κ1) is 20.3. The van der Waals surface area contributed by atoms with Gasteiger partial charge in [-0.25, -0.2) is 4.79 Å². The van der Waals surface area contributed by atoms with Gasteiger partial charge in [0.1, 0.15) is 4.88 Å². The van der Waals surface area contributed by atoms with E-state index >= 15 is 0 Å². The minimum Gasteiger partial charge on any atom is -0.465 e. The summed E-state index contributed by atoms with van der Waals surface area (Å²) in [5, 5.41) is 0. The van der Waals surface area contributed by atoms with E-state index in [4.69, 9.17) is 4.74 Å². The summed E-state index contributed by atoms with van der Waals surface area (Å²) in [5.41, 5.74) is 1.71. The maximum atomic E-state index is 13.1. The van der Waals surface area contributed by atoms with Crippen molar-refractivity contribution in [2.24, 2.45) is 5.92 Å². The molecule has 30 heavy (non-hydrogen) atoms. The fourth-order valence-electron chi connectivity index (χ4n) is 3.84. The summed E-state index contributed by atoms with van der Waals surface area (Å²) in [6.45, 7) is 0. The SMILES string of the molecule is COC(=O)c1ccc(CC2Cc3c(cccc3-c3cccc(C(F)(F)F)c3)C2=O)s1. The largest absolute Gasteiger partial charge is 0.465 e. The third-order valence-electron chi connectivity index (χ3n) is 5.26. The first-order valence-electron chi connectivity index (χ1n) is 9.28. The Morgan fingerprint density at radius 2 is 1.83 bits per heavy atom. The van der Waals surface area contributed by atoms with Crippen molar-refractivity contribution in [3.8, 4) is 11.1 Å². The topological polar surface area (TPSA) is 43.4 Å². The first-order chi connectivity index (χ1) is 14.3. The molecule has 2 aromatic carbocycles. The summed E-state index contributed by atoms with van der Waals surface area (Å²) in [5.74, 6) is -0.748. The molecular weight excluding hydrogens is 413 g/mol. The number of fused-ring (bicyclic) bond motifs is 1. The van der Waals surface area contributed by atoms with Crippen LogP contribution in [0.3, 0.4) is 0 Å². The number of esters is 1. The van der Waals surface area contributed by atoms with Crippen LogP contribution in [0.4, 0.5) is 13.2 Å². The predicted octanol–water partition coefficient (Wildman–Crippen LogP) is 5.82. The van der Waals surface area contributed by atoms with E-state index in [0.717, 1.165) is 22.6 Å². The van der Waals surface area contributed by atoms with Crippen LogP contribution in [0.25, 0.3) is 11.1 Å². The fourth-order valence-corrected chi connectivity index (χ4v) is 4.84. The van der Waals surface area contributed by atoms with Gasteiger partial charge in [-0.05, 0) is 53.8 Å². The van der Waals surface area contributed by atoms with E-state index in [1.54, 1.807) is 36.4 Å². The Labute approximate surface area is 175 Å². The molecule has 0 aliphatic heterocycles. The maximum absolute atomic E-state index is 13.1. The smallest absolute Gasteiger partial charge is 0.416 e. The molecule has 0 saturated carbocycles. The molecule has 1 atom stereocenters. The number of halogens is 3. The molecule has 1 heterocycles. The highest BCUT2D eigenvalue weighted by atomic mass is 32.1. The van der Waals surface area contributed by atoms with E-state index in [1.807, 2.05) is 0 Å². The number of hydrogen-bond acceptors (Lipinski definition) is 4. The van der Waals surface area contributed by atoms with Gasteiger partial charge in [0.25, 0.3) is 0 Å². The molecule has 7 heteroatoms. The number of rotatable bonds is 4. The molecule has 1 aliphatic carbocycles. The van der Waals surface area contributed by atoms with E-state index in [-0.39, 0.29) is 11.7 Å². The summed E-state index contributed by atoms with van der Waals surface area (Å²) in [6, 6.07) is 13.8. The van der Waals surface area contributed by atoms with Crippen molar-refractivity contribution in [3.05, 3.63) is 81.0 Å². The van der Waals surface area contributed by atoms with Gasteiger partial charge in [-0.3, -0.25) is 4.79 Å². The Kier molecular flexibility index (Phi) is 5.24. The molecule has 1 aromatic heterocycles. The van der Waals surface area contributed by atoms with Crippen LogP contribution in [-0.4, -0.2) is 18.9 Å². The average Bonchev–Trinajstić information content (AvgIpc) is 3.32. The van der Waals surface area contributed by atoms with Crippen molar-refractivity contribution in [1.82, 2.24) is 0 Å². The lowest BCUT2D eigenvalue weighted by Gasteiger charge is -2.12. The van der Waals surface area contributed by atoms with E-state index < -0.39 is 17.7 Å². The average molecular weight is 430 g/mol. The Balaban J connectivity index is 1.63. The second-order valence-electron chi connectivity index (χ2n) is 7.14. The molecule has 0 spiro atoms. The molecule has 0 N–H and O–H groups in total. The number of methoxy groups -OCH3 is 1. The molecule has 154 valence electrons. The number of carbonyl (C=O) groups is 2. The molecule has 3 aromatic rings. The highest BCUT2D eigenvalue weighted by molar-refractivity contribution is 7.13. The number of carbonyl (C=O) groups excluding carboxylic acids is 2. The van der Waals surface area contributed by atoms with Crippen molar-refractivity contribution in [3.63, 3.8) is 0 Å². The summed E-state index contributed by atoms with van der Waals surface area (Å²) in [6.07, 6.45) is -3.51. The van der Waals surface area contributed by atoms with Gasteiger partial charge in [-0.1, -0.05) is 30.3 Å². The van der Waals surface area contributed by atoms with Crippen LogP contribution < -0.4 is 0 Å². The zero-order chi connectivity index (χ0) is 21.5. The summed E-state index contributed by atoms with van der Waals surface area (Å²) < 4.78 is 44.1. The standard InChI is InChI=1S/C23H17F3O3S/c1-29-22(28)20-9-8-16(30-20)11-14-12-19-17(6-3-7-18(19)21(14)27)13-4-2-5-15(10-13)23(24,25)26/h2-10,14H,11-12H2,1H3. The lowest BCUT2D eigenvalue weighted by molar-refractivity contribution is -0.137. The van der Waals surface area contributed by atoms with E-state index in [2.05, 4.69) is 0 Å². The molecule has 0 radical (unpaired) electrons. The van der Waals surface area contributed by atoms with Crippen molar-refractivity contribution < 1.29 is 27.5 Å². The van der Waals surface area contributed by atoms with Gasteiger partial charge in [0.05, 0.1) is 12.7 Å². The summed E-state index contributed by atoms with van der Waals surface area (Å²) >= 11 is 1.29. The van der Waals surface area contributed by atoms with Gasteiger partial charge in [-0.2, -0.15) is 13.2 Å². The van der Waals surface area contributed by atoms with E-state index in [1.165, 1.54) is 24.5 Å². The van der Waals surface area contributed by atoms with E-state index in [0.29, 0.717) is 34.4 Å². The first-order valence-corrected chi connectivity index (χ1v) is 10.1. The molecule has 0 bridgehead atoms. The minimum atomic E-state index is -4.43. The van der Waals surface area contributed by atoms with Crippen LogP contribution in [0.5, 0.6) is 0 Å². The second-order valence-corrected chi connectivity index (χ2v) is 8.31. The van der Waals surface area contributed by atoms with Gasteiger partial charge in [0.15, 0.2) is 5.78 Å². The van der Waals surface area contributed by atoms with Crippen LogP contribution in [-0.2, 0) is 23.8 Å². The molecule has 1 aliphatic rings. The van der Waals surface area contributed by atoms with Crippen molar-refractivity contribution in [1.29, 1.82) is 0 Å². The Hall–Kier alpha value is -2.93. The monoisotopic (exact) mass is 430 g/mol. The van der Waals surface area contributed by atoms with Gasteiger partial charge in [0.2, 0.25) is 0 Å². The molecule has 0 saturated heterocycles. The predicted molar refractivity (Wildman–Crippen MR) is 108 cm³/mol. The number of ether oxygens (including phenoxy) is 1. The number of thiophene rings is 1. The van der Waals surface area contributed by atoms with Crippen LogP contribution >= 0.6 is 11.3 Å². The van der Waals surface area contributed by atoms with Crippen molar-refractivity contribution in [2.45, 2.75) is 19.0 Å². The zero-order valence-electron chi connectivity index (χ0n) is 16.0. The van der Waals surface area contributed by atoms with Gasteiger partial charge in [-0.15, -0.1) is 11.3 Å². The molecule has 1 unspecified atom stereocenters. The number of benzene rings is 2. The van der Waals surface area contributed by atoms with Gasteiger partial charge < -0.3 is 4.74 Å². The molecular formula is C23H17F3O3S. The normalized spacial score (nSPS) is 15.9. The van der Waals surface area contributed by atoms with Crippen LogP contribution in [0, 0.1) is 5.92 Å². The number of hydrogen-bond donors (Lipinski definition) is 0. The third-order valence-corrected chi connectivity index (χ3v) is 6.35. The maximum Gasteiger partial charge on any atom is 0.416 e. The Bertz CT molecular complexity index is 1130. The Morgan fingerprint density at radius 1 is 1.10 bits per heavy atom. The fraction of sp³-hybridized carbons (Fsp3) is 0.217. The van der Waals surface area contributed by atoms with E-state index in [9.17, 15) is 22.8 Å². The summed E-state index contributed by atoms with van der Waals surface area (Å²) in [4.78, 5) is 26.0. The van der Waals surface area contributed by atoms with Crippen LogP contribution in [0.1, 0.15) is 36.0 Å². The van der Waals surface area contributed by atoms with Crippen molar-refractivity contribution >= 4 is 23.1 Å². The van der Waals surface area contributed by atoms with Crippen molar-refractivity contribution in [2.75, 3.05) is 7.11 Å². The quantitative estimate of drug-likeness (QED) is 0.490. The van der Waals surface area contributed by atoms with Gasteiger partial charge >= 0.3 is 12.1 Å². The number of ketones is 1. The molecule has 4 rings (SSSR count). The third kappa shape index (κ3) is 3.77. The van der Waals surface area contributed by atoms with Crippen LogP contribution in [0.15, 0.2) is 54.6 Å². The van der Waals surface area contributed by atoms with Gasteiger partial charge in [0, 0.05) is 16.4 Å². The molecule has 3 nitrogen and oxygen atoms in total. The molecule has 0 amide bonds. The molecule has 0 fully saturated rings. The summed E-state index contributed by atoms with van der Waals surface area (Å²) in [7, 11) is 1.31.